The maximum atomic E-state index is 13.1. The number of alkyl halides is 4. The van der Waals surface area contributed by atoms with Gasteiger partial charge in [0.15, 0.2) is 0 Å². The molecular formula is C11H8F4N2. The Morgan fingerprint density at radius 1 is 1.18 bits per heavy atom. The predicted molar refractivity (Wildman–Crippen MR) is 53.9 cm³/mol. The lowest BCUT2D eigenvalue weighted by Crippen LogP contribution is -2.16. The number of nitrogens with one attached hydrogen (secondary N) is 1. The van der Waals surface area contributed by atoms with E-state index >= 15 is 0 Å². The molecule has 1 atom stereocenters. The maximum Gasteiger partial charge on any atom is 0.423 e. The summed E-state index contributed by atoms with van der Waals surface area (Å²) in [7, 11) is 0. The first-order valence-corrected chi connectivity index (χ1v) is 4.79. The van der Waals surface area contributed by atoms with E-state index in [2.05, 4.69) is 10.2 Å². The molecule has 0 radical (unpaired) electrons. The molecule has 2 aromatic rings. The highest BCUT2D eigenvalue weighted by Crippen LogP contribution is 2.36. The average Bonchev–Trinajstić information content (AvgIpc) is 2.80. The Morgan fingerprint density at radius 2 is 1.94 bits per heavy atom. The van der Waals surface area contributed by atoms with Crippen molar-refractivity contribution in [3.05, 3.63) is 42.1 Å². The first-order valence-electron chi connectivity index (χ1n) is 4.79. The molecule has 1 aromatic heterocycles. The van der Waals surface area contributed by atoms with Crippen molar-refractivity contribution in [2.45, 2.75) is 12.3 Å². The zero-order valence-electron chi connectivity index (χ0n) is 8.50. The lowest BCUT2D eigenvalue weighted by atomic mass is 10.0. The molecule has 6 heteroatoms. The molecule has 0 amide bonds. The van der Waals surface area contributed by atoms with Gasteiger partial charge in [0.2, 0.25) is 6.17 Å². The number of hydrogen-bond donors (Lipinski definition) is 1. The SMILES string of the molecule is FC(c1cccc(-c2ccn[nH]2)c1)C(F)(F)F. The van der Waals surface area contributed by atoms with Crippen molar-refractivity contribution in [1.29, 1.82) is 0 Å². The van der Waals surface area contributed by atoms with Crippen LogP contribution in [0.2, 0.25) is 0 Å². The standard InChI is InChI=1S/C11H8F4N2/c12-10(11(13,14)15)8-3-1-2-7(6-8)9-4-5-16-17-9/h1-6,10H,(H,16,17). The largest absolute Gasteiger partial charge is 0.423 e. The average molecular weight is 244 g/mol. The van der Waals surface area contributed by atoms with E-state index in [1.54, 1.807) is 12.1 Å². The first kappa shape index (κ1) is 11.6. The second-order valence-corrected chi connectivity index (χ2v) is 3.50. The van der Waals surface area contributed by atoms with Crippen LogP contribution in [0.4, 0.5) is 17.6 Å². The van der Waals surface area contributed by atoms with E-state index in [1.807, 2.05) is 0 Å². The number of rotatable bonds is 2. The van der Waals surface area contributed by atoms with Crippen LogP contribution in [0.25, 0.3) is 11.3 Å². The first-order chi connectivity index (χ1) is 7.98. The third kappa shape index (κ3) is 2.46. The molecule has 90 valence electrons. The van der Waals surface area contributed by atoms with Crippen LogP contribution in [-0.4, -0.2) is 16.4 Å². The molecule has 0 aliphatic rings. The van der Waals surface area contributed by atoms with Crippen molar-refractivity contribution in [2.24, 2.45) is 0 Å². The Hall–Kier alpha value is -1.85. The number of halogens is 4. The predicted octanol–water partition coefficient (Wildman–Crippen LogP) is 3.65. The number of H-pyrrole nitrogens is 1. The van der Waals surface area contributed by atoms with Crippen molar-refractivity contribution < 1.29 is 17.6 Å². The molecule has 0 spiro atoms. The van der Waals surface area contributed by atoms with Gasteiger partial charge < -0.3 is 0 Å². The second kappa shape index (κ2) is 4.20. The van der Waals surface area contributed by atoms with E-state index in [1.165, 1.54) is 12.3 Å². The Morgan fingerprint density at radius 3 is 2.53 bits per heavy atom. The number of aromatic nitrogens is 2. The molecule has 17 heavy (non-hydrogen) atoms. The molecule has 0 aliphatic carbocycles. The second-order valence-electron chi connectivity index (χ2n) is 3.50. The number of aromatic amines is 1. The summed E-state index contributed by atoms with van der Waals surface area (Å²) in [6.07, 6.45) is -6.38. The van der Waals surface area contributed by atoms with Crippen LogP contribution in [0.3, 0.4) is 0 Å². The molecule has 1 N–H and O–H groups in total. The fourth-order valence-electron chi connectivity index (χ4n) is 1.47. The van der Waals surface area contributed by atoms with Gasteiger partial charge in [-0.05, 0) is 23.3 Å². The smallest absolute Gasteiger partial charge is 0.278 e. The van der Waals surface area contributed by atoms with Gasteiger partial charge in [-0.3, -0.25) is 5.10 Å². The molecule has 0 aliphatic heterocycles. The summed E-state index contributed by atoms with van der Waals surface area (Å²) in [6.45, 7) is 0. The molecule has 2 rings (SSSR count). The van der Waals surface area contributed by atoms with Gasteiger partial charge >= 0.3 is 6.18 Å². The van der Waals surface area contributed by atoms with Gasteiger partial charge in [-0.2, -0.15) is 18.3 Å². The van der Waals surface area contributed by atoms with E-state index < -0.39 is 17.9 Å². The Balaban J connectivity index is 2.36. The molecule has 0 saturated carbocycles. The minimum absolute atomic E-state index is 0.412. The Bertz CT molecular complexity index is 490. The molecule has 0 fully saturated rings. The minimum atomic E-state index is -4.88. The highest BCUT2D eigenvalue weighted by molar-refractivity contribution is 5.59. The van der Waals surface area contributed by atoms with Gasteiger partial charge in [0.1, 0.15) is 0 Å². The van der Waals surface area contributed by atoms with E-state index in [-0.39, 0.29) is 0 Å². The van der Waals surface area contributed by atoms with Crippen LogP contribution >= 0.6 is 0 Å². The molecule has 2 nitrogen and oxygen atoms in total. The fourth-order valence-corrected chi connectivity index (χ4v) is 1.47. The summed E-state index contributed by atoms with van der Waals surface area (Å²) in [5, 5.41) is 6.29. The van der Waals surface area contributed by atoms with Crippen molar-refractivity contribution in [3.8, 4) is 11.3 Å². The monoisotopic (exact) mass is 244 g/mol. The highest BCUT2D eigenvalue weighted by atomic mass is 19.4. The van der Waals surface area contributed by atoms with Crippen molar-refractivity contribution in [2.75, 3.05) is 0 Å². The van der Waals surface area contributed by atoms with Gasteiger partial charge in [-0.1, -0.05) is 18.2 Å². The van der Waals surface area contributed by atoms with Crippen molar-refractivity contribution >= 4 is 0 Å². The van der Waals surface area contributed by atoms with E-state index in [4.69, 9.17) is 0 Å². The van der Waals surface area contributed by atoms with Crippen molar-refractivity contribution in [3.63, 3.8) is 0 Å². The molecular weight excluding hydrogens is 236 g/mol. The molecule has 1 unspecified atom stereocenters. The minimum Gasteiger partial charge on any atom is -0.278 e. The number of benzene rings is 1. The summed E-state index contributed by atoms with van der Waals surface area (Å²) in [4.78, 5) is 0. The molecule has 1 aromatic carbocycles. The van der Waals surface area contributed by atoms with Crippen LogP contribution < -0.4 is 0 Å². The highest BCUT2D eigenvalue weighted by Gasteiger charge is 2.41. The van der Waals surface area contributed by atoms with E-state index in [0.29, 0.717) is 11.3 Å². The molecule has 0 saturated heterocycles. The lowest BCUT2D eigenvalue weighted by Gasteiger charge is -2.13. The third-order valence-corrected chi connectivity index (χ3v) is 2.28. The van der Waals surface area contributed by atoms with E-state index in [9.17, 15) is 17.6 Å². The van der Waals surface area contributed by atoms with Gasteiger partial charge in [0.05, 0.1) is 5.69 Å². The zero-order valence-corrected chi connectivity index (χ0v) is 8.50. The van der Waals surface area contributed by atoms with Crippen LogP contribution in [0, 0.1) is 0 Å². The molecule has 1 heterocycles. The zero-order chi connectivity index (χ0) is 12.5. The van der Waals surface area contributed by atoms with Crippen LogP contribution in [-0.2, 0) is 0 Å². The summed E-state index contributed by atoms with van der Waals surface area (Å²) >= 11 is 0. The molecule has 0 bridgehead atoms. The normalized spacial score (nSPS) is 13.6. The summed E-state index contributed by atoms with van der Waals surface area (Å²) < 4.78 is 49.8. The Labute approximate surface area is 94.3 Å². The maximum absolute atomic E-state index is 13.1. The lowest BCUT2D eigenvalue weighted by molar-refractivity contribution is -0.182. The Kier molecular flexibility index (Phi) is 2.87. The summed E-state index contributed by atoms with van der Waals surface area (Å²) in [5.41, 5.74) is 0.595. The quantitative estimate of drug-likeness (QED) is 0.802. The topological polar surface area (TPSA) is 28.7 Å². The number of hydrogen-bond acceptors (Lipinski definition) is 1. The number of nitrogens with zero attached hydrogens (tertiary/aromatic N) is 1. The van der Waals surface area contributed by atoms with Crippen molar-refractivity contribution in [1.82, 2.24) is 10.2 Å². The summed E-state index contributed by atoms with van der Waals surface area (Å²) in [6, 6.07) is 6.83. The van der Waals surface area contributed by atoms with Gasteiger partial charge in [-0.15, -0.1) is 0 Å². The van der Waals surface area contributed by atoms with E-state index in [0.717, 1.165) is 12.1 Å². The third-order valence-electron chi connectivity index (χ3n) is 2.28. The van der Waals surface area contributed by atoms with Crippen LogP contribution in [0.5, 0.6) is 0 Å². The van der Waals surface area contributed by atoms with Gasteiger partial charge in [0, 0.05) is 6.20 Å². The van der Waals surface area contributed by atoms with Crippen LogP contribution in [0.1, 0.15) is 11.7 Å². The van der Waals surface area contributed by atoms with Crippen LogP contribution in [0.15, 0.2) is 36.5 Å². The fraction of sp³-hybridized carbons (Fsp3) is 0.182. The van der Waals surface area contributed by atoms with Gasteiger partial charge in [-0.25, -0.2) is 4.39 Å². The van der Waals surface area contributed by atoms with Gasteiger partial charge in [0.25, 0.3) is 0 Å². The summed E-state index contributed by atoms with van der Waals surface area (Å²) in [5.74, 6) is 0.